The minimum atomic E-state index is -1.71. The van der Waals surface area contributed by atoms with Crippen LogP contribution in [-0.2, 0) is 29.8 Å². The average molecular weight is 586 g/mol. The van der Waals surface area contributed by atoms with E-state index < -0.39 is 16.8 Å². The van der Waals surface area contributed by atoms with Crippen LogP contribution >= 0.6 is 23.2 Å². The molecule has 2 aromatic rings. The molecule has 3 atom stereocenters. The highest BCUT2D eigenvalue weighted by atomic mass is 35.5. The van der Waals surface area contributed by atoms with E-state index in [1.54, 1.807) is 6.07 Å². The molecule has 208 valence electrons. The molecule has 0 spiro atoms. The molecule has 1 unspecified atom stereocenters. The minimum absolute atomic E-state index is 0.0600. The number of carbonyl (C=O) groups excluding carboxylic acids is 2. The Balaban J connectivity index is 1.55. The molecule has 0 saturated carbocycles. The summed E-state index contributed by atoms with van der Waals surface area (Å²) < 4.78 is 28.2. The summed E-state index contributed by atoms with van der Waals surface area (Å²) in [6.07, 6.45) is 0. The molecule has 1 heterocycles. The summed E-state index contributed by atoms with van der Waals surface area (Å²) in [5.74, 6) is -1.11. The van der Waals surface area contributed by atoms with Gasteiger partial charge in [0.25, 0.3) is 5.91 Å². The predicted molar refractivity (Wildman–Crippen MR) is 150 cm³/mol. The van der Waals surface area contributed by atoms with Gasteiger partial charge in [-0.1, -0.05) is 29.3 Å². The zero-order valence-electron chi connectivity index (χ0n) is 21.9. The first kappa shape index (κ1) is 30.4. The van der Waals surface area contributed by atoms with Gasteiger partial charge >= 0.3 is 5.97 Å². The summed E-state index contributed by atoms with van der Waals surface area (Å²) in [5.41, 5.74) is 1.42. The Labute approximate surface area is 236 Å². The Kier molecular flexibility index (Phi) is 11.9. The number of rotatable bonds is 12. The van der Waals surface area contributed by atoms with Crippen LogP contribution in [0.4, 0.5) is 5.69 Å². The van der Waals surface area contributed by atoms with E-state index in [1.165, 1.54) is 12.1 Å². The third-order valence-corrected chi connectivity index (χ3v) is 8.41. The molecule has 0 bridgehead atoms. The third kappa shape index (κ3) is 8.16. The monoisotopic (exact) mass is 584 g/mol. The summed E-state index contributed by atoms with van der Waals surface area (Å²) in [5, 5.41) is 0.836. The van der Waals surface area contributed by atoms with Crippen molar-refractivity contribution in [2.24, 2.45) is 0 Å². The van der Waals surface area contributed by atoms with Gasteiger partial charge in [0, 0.05) is 48.1 Å². The number of carbonyl (C=O) groups is 2. The van der Waals surface area contributed by atoms with E-state index in [2.05, 4.69) is 11.8 Å². The van der Waals surface area contributed by atoms with Crippen LogP contribution in [0.15, 0.2) is 47.4 Å². The lowest BCUT2D eigenvalue weighted by Crippen LogP contribution is -2.59. The number of hydrogen-bond donors (Lipinski definition) is 0. The molecule has 11 heteroatoms. The lowest BCUT2D eigenvalue weighted by atomic mass is 10.0. The number of hydrogen-bond acceptors (Lipinski definition) is 7. The summed E-state index contributed by atoms with van der Waals surface area (Å²) in [6, 6.07) is 12.3. The number of halogens is 2. The molecule has 38 heavy (non-hydrogen) atoms. The number of ether oxygens (including phenoxy) is 3. The maximum absolute atomic E-state index is 13.4. The molecule has 1 saturated heterocycles. The van der Waals surface area contributed by atoms with Crippen LogP contribution in [0.3, 0.4) is 0 Å². The summed E-state index contributed by atoms with van der Waals surface area (Å²) in [6.45, 7) is 8.97. The zero-order valence-corrected chi connectivity index (χ0v) is 24.2. The molecule has 0 N–H and O–H groups in total. The van der Waals surface area contributed by atoms with Gasteiger partial charge in [-0.05, 0) is 57.2 Å². The second-order valence-electron chi connectivity index (χ2n) is 8.82. The molecule has 1 fully saturated rings. The van der Waals surface area contributed by atoms with Crippen LogP contribution in [0.1, 0.15) is 31.1 Å². The van der Waals surface area contributed by atoms with Crippen LogP contribution in [0, 0.1) is 0 Å². The summed E-state index contributed by atoms with van der Waals surface area (Å²) in [4.78, 5) is 29.8. The van der Waals surface area contributed by atoms with Crippen molar-refractivity contribution in [1.82, 2.24) is 4.90 Å². The van der Waals surface area contributed by atoms with E-state index in [4.69, 9.17) is 37.4 Å². The standard InChI is InChI=1S/C27H34Cl2N2O6S/c1-4-35-12-13-36-14-15-37-26(32)18-38(34)25-9-8-21(16-24(25)29)27(33)31-11-10-30(19(2)20(31)3)23-7-5-6-22(28)17-23/h5-9,16-17,19-20H,4,10-15,18H2,1-3H3/t19-,20-,38?/m0/s1. The molecule has 8 nitrogen and oxygen atoms in total. The van der Waals surface area contributed by atoms with E-state index in [0.717, 1.165) is 5.69 Å². The molecule has 0 aliphatic carbocycles. The number of benzene rings is 2. The van der Waals surface area contributed by atoms with E-state index in [-0.39, 0.29) is 46.9 Å². The predicted octanol–water partition coefficient (Wildman–Crippen LogP) is 4.44. The van der Waals surface area contributed by atoms with Crippen molar-refractivity contribution in [3.63, 3.8) is 0 Å². The molecular formula is C27H34Cl2N2O6S. The zero-order chi connectivity index (χ0) is 27.7. The molecule has 1 amide bonds. The fourth-order valence-corrected chi connectivity index (χ4v) is 5.81. The summed E-state index contributed by atoms with van der Waals surface area (Å²) in [7, 11) is -1.71. The number of esters is 1. The highest BCUT2D eigenvalue weighted by Gasteiger charge is 2.34. The normalized spacial score (nSPS) is 18.3. The highest BCUT2D eigenvalue weighted by molar-refractivity contribution is 7.85. The van der Waals surface area contributed by atoms with Gasteiger partial charge in [0.05, 0.1) is 40.5 Å². The molecule has 1 aliphatic heterocycles. The molecule has 0 radical (unpaired) electrons. The second-order valence-corrected chi connectivity index (χ2v) is 11.1. The van der Waals surface area contributed by atoms with Crippen LogP contribution in [0.2, 0.25) is 10.0 Å². The Morgan fingerprint density at radius 2 is 1.71 bits per heavy atom. The van der Waals surface area contributed by atoms with Crippen molar-refractivity contribution < 1.29 is 28.0 Å². The van der Waals surface area contributed by atoms with E-state index in [1.807, 2.05) is 43.0 Å². The van der Waals surface area contributed by atoms with E-state index in [0.29, 0.717) is 43.5 Å². The quantitative estimate of drug-likeness (QED) is 0.269. The number of piperazine rings is 1. The first-order valence-electron chi connectivity index (χ1n) is 12.5. The Morgan fingerprint density at radius 1 is 0.974 bits per heavy atom. The Bertz CT molecular complexity index is 1130. The van der Waals surface area contributed by atoms with Crippen LogP contribution in [0.5, 0.6) is 0 Å². The van der Waals surface area contributed by atoms with Crippen LogP contribution < -0.4 is 4.90 Å². The van der Waals surface area contributed by atoms with Crippen LogP contribution in [-0.4, -0.2) is 84.9 Å². The largest absolute Gasteiger partial charge is 0.463 e. The smallest absolute Gasteiger partial charge is 0.319 e. The average Bonchev–Trinajstić information content (AvgIpc) is 2.89. The topological polar surface area (TPSA) is 85.4 Å². The van der Waals surface area contributed by atoms with Gasteiger partial charge < -0.3 is 24.0 Å². The summed E-state index contributed by atoms with van der Waals surface area (Å²) >= 11 is 12.6. The van der Waals surface area contributed by atoms with Gasteiger partial charge in [0.1, 0.15) is 12.4 Å². The SMILES string of the molecule is CCOCCOCCOC(=O)CS(=O)c1ccc(C(=O)N2CCN(c3cccc(Cl)c3)[C@@H](C)[C@@H]2C)cc1Cl. The van der Waals surface area contributed by atoms with Crippen molar-refractivity contribution in [3.05, 3.63) is 58.1 Å². The van der Waals surface area contributed by atoms with E-state index in [9.17, 15) is 13.8 Å². The van der Waals surface area contributed by atoms with Crippen molar-refractivity contribution >= 4 is 51.6 Å². The number of amides is 1. The van der Waals surface area contributed by atoms with Gasteiger partial charge in [0.15, 0.2) is 0 Å². The first-order valence-corrected chi connectivity index (χ1v) is 14.6. The van der Waals surface area contributed by atoms with Crippen molar-refractivity contribution in [3.8, 4) is 0 Å². The first-order chi connectivity index (χ1) is 18.2. The maximum Gasteiger partial charge on any atom is 0.319 e. The lowest BCUT2D eigenvalue weighted by Gasteiger charge is -2.46. The van der Waals surface area contributed by atoms with Gasteiger partial charge in [0.2, 0.25) is 0 Å². The van der Waals surface area contributed by atoms with Crippen molar-refractivity contribution in [1.29, 1.82) is 0 Å². The van der Waals surface area contributed by atoms with Crippen molar-refractivity contribution in [2.75, 3.05) is 56.8 Å². The minimum Gasteiger partial charge on any atom is -0.463 e. The van der Waals surface area contributed by atoms with Gasteiger partial charge in [-0.25, -0.2) is 0 Å². The second kappa shape index (κ2) is 14.8. The maximum atomic E-state index is 13.4. The number of nitrogens with zero attached hydrogens (tertiary/aromatic N) is 2. The fraction of sp³-hybridized carbons (Fsp3) is 0.481. The molecule has 0 aromatic heterocycles. The van der Waals surface area contributed by atoms with Crippen molar-refractivity contribution in [2.45, 2.75) is 37.8 Å². The van der Waals surface area contributed by atoms with Gasteiger partial charge in [-0.3, -0.25) is 13.8 Å². The Morgan fingerprint density at radius 3 is 2.42 bits per heavy atom. The molecular weight excluding hydrogens is 551 g/mol. The van der Waals surface area contributed by atoms with Gasteiger partial charge in [-0.15, -0.1) is 0 Å². The third-order valence-electron chi connectivity index (χ3n) is 6.40. The molecule has 3 rings (SSSR count). The van der Waals surface area contributed by atoms with Crippen LogP contribution in [0.25, 0.3) is 0 Å². The fourth-order valence-electron chi connectivity index (χ4n) is 4.24. The molecule has 1 aliphatic rings. The molecule has 2 aromatic carbocycles. The van der Waals surface area contributed by atoms with Gasteiger partial charge in [-0.2, -0.15) is 0 Å². The van der Waals surface area contributed by atoms with E-state index >= 15 is 0 Å². The number of anilines is 1. The lowest BCUT2D eigenvalue weighted by molar-refractivity contribution is -0.142. The Hall–Kier alpha value is -2.17. The highest BCUT2D eigenvalue weighted by Crippen LogP contribution is 2.28.